The van der Waals surface area contributed by atoms with Crippen LogP contribution >= 0.6 is 0 Å². The third kappa shape index (κ3) is 2.08. The van der Waals surface area contributed by atoms with Crippen LogP contribution in [0.25, 0.3) is 11.1 Å². The molecule has 0 unspecified atom stereocenters. The van der Waals surface area contributed by atoms with Crippen molar-refractivity contribution in [1.82, 2.24) is 4.98 Å². The molecule has 0 radical (unpaired) electrons. The van der Waals surface area contributed by atoms with Crippen molar-refractivity contribution in [2.75, 3.05) is 0 Å². The predicted octanol–water partition coefficient (Wildman–Crippen LogP) is 2.08. The second kappa shape index (κ2) is 4.56. The van der Waals surface area contributed by atoms with Crippen molar-refractivity contribution >= 4 is 0 Å². The normalized spacial score (nSPS) is 9.75. The number of pyridine rings is 1. The molecule has 0 spiro atoms. The van der Waals surface area contributed by atoms with E-state index in [1.807, 2.05) is 24.3 Å². The van der Waals surface area contributed by atoms with E-state index < -0.39 is 0 Å². The van der Waals surface area contributed by atoms with Gasteiger partial charge in [-0.25, -0.2) is 0 Å². The quantitative estimate of drug-likeness (QED) is 0.823. The van der Waals surface area contributed by atoms with Crippen LogP contribution in [0.4, 0.5) is 0 Å². The van der Waals surface area contributed by atoms with Gasteiger partial charge in [0.1, 0.15) is 0 Å². The molecule has 0 aliphatic carbocycles. The highest BCUT2D eigenvalue weighted by Crippen LogP contribution is 2.18. The number of nitriles is 1. The molecule has 0 saturated heterocycles. The van der Waals surface area contributed by atoms with Gasteiger partial charge in [-0.05, 0) is 23.8 Å². The Morgan fingerprint density at radius 2 is 1.75 bits per heavy atom. The number of benzene rings is 1. The van der Waals surface area contributed by atoms with Gasteiger partial charge in [0.05, 0.1) is 17.3 Å². The first kappa shape index (κ1) is 10.3. The first-order chi connectivity index (χ1) is 7.83. The van der Waals surface area contributed by atoms with Gasteiger partial charge in [0, 0.05) is 18.3 Å². The van der Waals surface area contributed by atoms with E-state index in [1.54, 1.807) is 18.3 Å². The summed E-state index contributed by atoms with van der Waals surface area (Å²) in [4.78, 5) is 4.23. The van der Waals surface area contributed by atoms with Crippen LogP contribution in [0.15, 0.2) is 42.6 Å². The van der Waals surface area contributed by atoms with Crippen molar-refractivity contribution < 1.29 is 0 Å². The van der Waals surface area contributed by atoms with Gasteiger partial charge in [0.2, 0.25) is 0 Å². The Labute approximate surface area is 94.2 Å². The summed E-state index contributed by atoms with van der Waals surface area (Å²) in [5, 5.41) is 8.69. The number of hydrogen-bond donors (Lipinski definition) is 1. The average molecular weight is 209 g/mol. The Morgan fingerprint density at radius 1 is 1.06 bits per heavy atom. The van der Waals surface area contributed by atoms with E-state index in [9.17, 15) is 0 Å². The van der Waals surface area contributed by atoms with Crippen molar-refractivity contribution in [3.8, 4) is 17.2 Å². The summed E-state index contributed by atoms with van der Waals surface area (Å²) in [7, 11) is 0. The number of nitrogens with two attached hydrogens (primary N) is 1. The van der Waals surface area contributed by atoms with Crippen LogP contribution < -0.4 is 5.73 Å². The first-order valence-electron chi connectivity index (χ1n) is 4.99. The van der Waals surface area contributed by atoms with Gasteiger partial charge in [-0.15, -0.1) is 0 Å². The molecule has 0 saturated carbocycles. The summed E-state index contributed by atoms with van der Waals surface area (Å²) in [6, 6.07) is 13.4. The van der Waals surface area contributed by atoms with E-state index in [0.717, 1.165) is 16.8 Å². The van der Waals surface area contributed by atoms with E-state index in [-0.39, 0.29) is 0 Å². The van der Waals surface area contributed by atoms with Crippen molar-refractivity contribution in [2.24, 2.45) is 5.73 Å². The van der Waals surface area contributed by atoms with E-state index in [2.05, 4.69) is 11.1 Å². The largest absolute Gasteiger partial charge is 0.325 e. The SMILES string of the molecule is N#Cc1ccc(-c2ccc(CN)nc2)cc1. The molecule has 0 amide bonds. The summed E-state index contributed by atoms with van der Waals surface area (Å²) in [6.07, 6.45) is 1.80. The second-order valence-corrected chi connectivity index (χ2v) is 3.43. The minimum Gasteiger partial charge on any atom is -0.325 e. The molecule has 2 aromatic rings. The molecule has 1 aromatic carbocycles. The Balaban J connectivity index is 2.32. The lowest BCUT2D eigenvalue weighted by Crippen LogP contribution is -1.98. The Hall–Kier alpha value is -2.18. The number of nitrogens with zero attached hydrogens (tertiary/aromatic N) is 2. The van der Waals surface area contributed by atoms with Gasteiger partial charge < -0.3 is 5.73 Å². The topological polar surface area (TPSA) is 62.7 Å². The average Bonchev–Trinajstić information content (AvgIpc) is 2.39. The molecule has 3 heteroatoms. The van der Waals surface area contributed by atoms with Crippen molar-refractivity contribution in [1.29, 1.82) is 5.26 Å². The first-order valence-corrected chi connectivity index (χ1v) is 4.99. The van der Waals surface area contributed by atoms with E-state index in [4.69, 9.17) is 11.0 Å². The molecule has 3 nitrogen and oxygen atoms in total. The molecule has 1 heterocycles. The molecular weight excluding hydrogens is 198 g/mol. The van der Waals surface area contributed by atoms with Crippen molar-refractivity contribution in [3.63, 3.8) is 0 Å². The minimum absolute atomic E-state index is 0.452. The molecule has 2 rings (SSSR count). The van der Waals surface area contributed by atoms with Gasteiger partial charge in [0.25, 0.3) is 0 Å². The molecular formula is C13H11N3. The van der Waals surface area contributed by atoms with Crippen LogP contribution in [0.5, 0.6) is 0 Å². The molecule has 78 valence electrons. The Morgan fingerprint density at radius 3 is 2.25 bits per heavy atom. The summed E-state index contributed by atoms with van der Waals surface area (Å²) in [5.41, 5.74) is 9.09. The third-order valence-electron chi connectivity index (χ3n) is 2.38. The highest BCUT2D eigenvalue weighted by Gasteiger charge is 1.98. The summed E-state index contributed by atoms with van der Waals surface area (Å²) >= 11 is 0. The lowest BCUT2D eigenvalue weighted by Gasteiger charge is -2.02. The van der Waals surface area contributed by atoms with Crippen LogP contribution in [-0.2, 0) is 6.54 Å². The molecule has 1 aromatic heterocycles. The van der Waals surface area contributed by atoms with E-state index in [1.165, 1.54) is 0 Å². The lowest BCUT2D eigenvalue weighted by molar-refractivity contribution is 0.991. The van der Waals surface area contributed by atoms with Gasteiger partial charge in [-0.2, -0.15) is 5.26 Å². The molecule has 2 N–H and O–H groups in total. The van der Waals surface area contributed by atoms with Gasteiger partial charge in [0.15, 0.2) is 0 Å². The Bertz CT molecular complexity index is 506. The van der Waals surface area contributed by atoms with Gasteiger partial charge >= 0.3 is 0 Å². The molecule has 16 heavy (non-hydrogen) atoms. The number of hydrogen-bond acceptors (Lipinski definition) is 3. The lowest BCUT2D eigenvalue weighted by atomic mass is 10.1. The molecule has 0 fully saturated rings. The summed E-state index contributed by atoms with van der Waals surface area (Å²) in [5.74, 6) is 0. The van der Waals surface area contributed by atoms with Crippen molar-refractivity contribution in [3.05, 3.63) is 53.9 Å². The van der Waals surface area contributed by atoms with Gasteiger partial charge in [-0.3, -0.25) is 4.98 Å². The zero-order valence-corrected chi connectivity index (χ0v) is 8.72. The smallest absolute Gasteiger partial charge is 0.0991 e. The molecule has 0 atom stereocenters. The fourth-order valence-corrected chi connectivity index (χ4v) is 1.45. The monoisotopic (exact) mass is 209 g/mol. The van der Waals surface area contributed by atoms with Gasteiger partial charge in [-0.1, -0.05) is 18.2 Å². The number of aromatic nitrogens is 1. The highest BCUT2D eigenvalue weighted by molar-refractivity contribution is 5.63. The Kier molecular flexibility index (Phi) is 2.95. The third-order valence-corrected chi connectivity index (χ3v) is 2.38. The van der Waals surface area contributed by atoms with E-state index in [0.29, 0.717) is 12.1 Å². The van der Waals surface area contributed by atoms with Crippen LogP contribution in [-0.4, -0.2) is 4.98 Å². The zero-order chi connectivity index (χ0) is 11.4. The maximum Gasteiger partial charge on any atom is 0.0991 e. The van der Waals surface area contributed by atoms with Crippen molar-refractivity contribution in [2.45, 2.75) is 6.54 Å². The number of rotatable bonds is 2. The molecule has 0 aliphatic heterocycles. The minimum atomic E-state index is 0.452. The predicted molar refractivity (Wildman–Crippen MR) is 62.3 cm³/mol. The molecule has 0 bridgehead atoms. The van der Waals surface area contributed by atoms with Crippen LogP contribution in [0.2, 0.25) is 0 Å². The fourth-order valence-electron chi connectivity index (χ4n) is 1.45. The highest BCUT2D eigenvalue weighted by atomic mass is 14.7. The second-order valence-electron chi connectivity index (χ2n) is 3.43. The summed E-state index contributed by atoms with van der Waals surface area (Å²) < 4.78 is 0. The van der Waals surface area contributed by atoms with E-state index >= 15 is 0 Å². The zero-order valence-electron chi connectivity index (χ0n) is 8.72. The maximum absolute atomic E-state index is 8.69. The summed E-state index contributed by atoms with van der Waals surface area (Å²) in [6.45, 7) is 0.452. The maximum atomic E-state index is 8.69. The van der Waals surface area contributed by atoms with Crippen LogP contribution in [0, 0.1) is 11.3 Å². The fraction of sp³-hybridized carbons (Fsp3) is 0.0769. The standard InChI is InChI=1S/C13H11N3/c14-7-10-1-3-11(4-2-10)12-5-6-13(8-15)16-9-12/h1-6,9H,8,15H2. The van der Waals surface area contributed by atoms with Crippen LogP contribution in [0.1, 0.15) is 11.3 Å². The van der Waals surface area contributed by atoms with Crippen LogP contribution in [0.3, 0.4) is 0 Å². The molecule has 0 aliphatic rings.